The van der Waals surface area contributed by atoms with Crippen LogP contribution in [0.1, 0.15) is 11.1 Å². The number of carbonyl (C=O) groups is 1. The highest BCUT2D eigenvalue weighted by Crippen LogP contribution is 2.32. The van der Waals surface area contributed by atoms with Crippen LogP contribution >= 0.6 is 0 Å². The molecule has 0 fully saturated rings. The van der Waals surface area contributed by atoms with E-state index in [0.717, 1.165) is 16.8 Å². The number of rotatable bonds is 3. The summed E-state index contributed by atoms with van der Waals surface area (Å²) in [6, 6.07) is 5.53. The average Bonchev–Trinajstić information content (AvgIpc) is 2.43. The number of nitrogens with one attached hydrogen (secondary N) is 1. The first-order chi connectivity index (χ1) is 9.80. The zero-order chi connectivity index (χ0) is 15.6. The number of hydrogen-bond donors (Lipinski definition) is 1. The minimum Gasteiger partial charge on any atom is -0.370 e. The van der Waals surface area contributed by atoms with Crippen LogP contribution in [0.15, 0.2) is 30.9 Å². The first-order valence-corrected chi connectivity index (χ1v) is 6.34. The van der Waals surface area contributed by atoms with E-state index in [1.54, 1.807) is 6.07 Å². The summed E-state index contributed by atoms with van der Waals surface area (Å²) in [5.74, 6) is -1.96. The Morgan fingerprint density at radius 1 is 1.43 bits per heavy atom. The molecule has 0 saturated heterocycles. The third-order valence-electron chi connectivity index (χ3n) is 3.23. The van der Waals surface area contributed by atoms with Gasteiger partial charge in [-0.15, -0.1) is 0 Å². The lowest BCUT2D eigenvalue weighted by molar-refractivity contribution is -0.173. The van der Waals surface area contributed by atoms with Crippen molar-refractivity contribution in [3.05, 3.63) is 42.0 Å². The van der Waals surface area contributed by atoms with E-state index in [4.69, 9.17) is 0 Å². The van der Waals surface area contributed by atoms with Crippen molar-refractivity contribution in [3.8, 4) is 0 Å². The molecule has 1 N–H and O–H groups in total. The van der Waals surface area contributed by atoms with Gasteiger partial charge >= 0.3 is 12.1 Å². The molecule has 3 nitrogen and oxygen atoms in total. The molecule has 0 saturated carbocycles. The lowest BCUT2D eigenvalue weighted by atomic mass is 9.98. The summed E-state index contributed by atoms with van der Waals surface area (Å²) in [4.78, 5) is 12.8. The van der Waals surface area contributed by atoms with Gasteiger partial charge in [0.15, 0.2) is 0 Å². The average molecular weight is 296 g/mol. The Kier molecular flexibility index (Phi) is 4.06. The van der Waals surface area contributed by atoms with Crippen LogP contribution in [0.4, 0.5) is 18.9 Å². The predicted molar refractivity (Wildman–Crippen MR) is 76.8 cm³/mol. The molecule has 0 atom stereocenters. The second-order valence-corrected chi connectivity index (χ2v) is 4.81. The van der Waals surface area contributed by atoms with Gasteiger partial charge in [-0.05, 0) is 11.1 Å². The molecular weight excluding hydrogens is 281 g/mol. The number of alkyl halides is 3. The van der Waals surface area contributed by atoms with E-state index in [2.05, 4.69) is 6.58 Å². The van der Waals surface area contributed by atoms with E-state index in [-0.39, 0.29) is 6.54 Å². The number of benzene rings is 1. The standard InChI is InChI=1S/C15H15F3N2O/c1-10(9-19-14(21)15(16,17)18)12-7-3-5-11-6-4-8-20(2)13(11)12/h3-7H,1,8-9H2,2H3,(H,19,21). The zero-order valence-electron chi connectivity index (χ0n) is 11.5. The molecule has 21 heavy (non-hydrogen) atoms. The highest BCUT2D eigenvalue weighted by atomic mass is 19.4. The van der Waals surface area contributed by atoms with Gasteiger partial charge in [0.2, 0.25) is 0 Å². The van der Waals surface area contributed by atoms with Crippen LogP contribution in [0.25, 0.3) is 11.6 Å². The van der Waals surface area contributed by atoms with Crippen LogP contribution in [-0.4, -0.2) is 32.2 Å². The van der Waals surface area contributed by atoms with Gasteiger partial charge in [-0.1, -0.05) is 36.9 Å². The Bertz CT molecular complexity index is 605. The van der Waals surface area contributed by atoms with Gasteiger partial charge in [-0.25, -0.2) is 0 Å². The van der Waals surface area contributed by atoms with Crippen LogP contribution in [0.3, 0.4) is 0 Å². The third kappa shape index (κ3) is 3.26. The fourth-order valence-electron chi connectivity index (χ4n) is 2.22. The molecule has 1 aliphatic rings. The van der Waals surface area contributed by atoms with Crippen LogP contribution in [0.5, 0.6) is 0 Å². The maximum atomic E-state index is 12.2. The summed E-state index contributed by atoms with van der Waals surface area (Å²) < 4.78 is 36.5. The fraction of sp³-hybridized carbons (Fsp3) is 0.267. The highest BCUT2D eigenvalue weighted by Gasteiger charge is 2.38. The Morgan fingerprint density at radius 2 is 2.14 bits per heavy atom. The van der Waals surface area contributed by atoms with Crippen LogP contribution < -0.4 is 10.2 Å². The second-order valence-electron chi connectivity index (χ2n) is 4.81. The van der Waals surface area contributed by atoms with Crippen LogP contribution in [0.2, 0.25) is 0 Å². The summed E-state index contributed by atoms with van der Waals surface area (Å²) in [7, 11) is 1.90. The fourth-order valence-corrected chi connectivity index (χ4v) is 2.22. The van der Waals surface area contributed by atoms with Gasteiger partial charge in [0, 0.05) is 25.7 Å². The maximum Gasteiger partial charge on any atom is 0.471 e. The molecule has 1 aromatic rings. The number of para-hydroxylation sites is 1. The van der Waals surface area contributed by atoms with E-state index in [1.165, 1.54) is 0 Å². The summed E-state index contributed by atoms with van der Waals surface area (Å²) in [6.45, 7) is 4.26. The molecule has 0 radical (unpaired) electrons. The number of nitrogens with zero attached hydrogens (tertiary/aromatic N) is 1. The summed E-state index contributed by atoms with van der Waals surface area (Å²) in [5.41, 5.74) is 3.06. The first kappa shape index (κ1) is 15.2. The molecule has 0 spiro atoms. The molecule has 1 aromatic carbocycles. The summed E-state index contributed by atoms with van der Waals surface area (Å²) >= 11 is 0. The van der Waals surface area contributed by atoms with Gasteiger partial charge < -0.3 is 10.2 Å². The lowest BCUT2D eigenvalue weighted by Gasteiger charge is -2.27. The van der Waals surface area contributed by atoms with Gasteiger partial charge in [-0.2, -0.15) is 13.2 Å². The number of likely N-dealkylation sites (N-methyl/N-ethyl adjacent to an activating group) is 1. The van der Waals surface area contributed by atoms with E-state index >= 15 is 0 Å². The number of amides is 1. The van der Waals surface area contributed by atoms with Gasteiger partial charge in [0.25, 0.3) is 0 Å². The first-order valence-electron chi connectivity index (χ1n) is 6.34. The van der Waals surface area contributed by atoms with Gasteiger partial charge in [0.1, 0.15) is 0 Å². The van der Waals surface area contributed by atoms with Crippen molar-refractivity contribution in [2.45, 2.75) is 6.18 Å². The normalized spacial score (nSPS) is 13.8. The zero-order valence-corrected chi connectivity index (χ0v) is 11.5. The van der Waals surface area contributed by atoms with E-state index in [0.29, 0.717) is 12.1 Å². The molecule has 0 aliphatic carbocycles. The topological polar surface area (TPSA) is 32.3 Å². The quantitative estimate of drug-likeness (QED) is 0.930. The second kappa shape index (κ2) is 5.63. The van der Waals surface area contributed by atoms with Crippen molar-refractivity contribution < 1.29 is 18.0 Å². The van der Waals surface area contributed by atoms with Crippen molar-refractivity contribution in [3.63, 3.8) is 0 Å². The number of carbonyl (C=O) groups excluding carboxylic acids is 1. The third-order valence-corrected chi connectivity index (χ3v) is 3.23. The molecule has 112 valence electrons. The molecule has 1 amide bonds. The van der Waals surface area contributed by atoms with Crippen LogP contribution in [0, 0.1) is 0 Å². The van der Waals surface area contributed by atoms with Crippen molar-refractivity contribution in [1.29, 1.82) is 0 Å². The lowest BCUT2D eigenvalue weighted by Crippen LogP contribution is -2.37. The van der Waals surface area contributed by atoms with Crippen molar-refractivity contribution in [2.24, 2.45) is 0 Å². The van der Waals surface area contributed by atoms with Crippen molar-refractivity contribution in [1.82, 2.24) is 5.32 Å². The number of halogens is 3. The minimum atomic E-state index is -4.88. The predicted octanol–water partition coefficient (Wildman–Crippen LogP) is 2.84. The summed E-state index contributed by atoms with van der Waals surface area (Å²) in [6.07, 6.45) is -0.920. The Morgan fingerprint density at radius 3 is 2.81 bits per heavy atom. The van der Waals surface area contributed by atoms with E-state index < -0.39 is 12.1 Å². The molecule has 0 unspecified atom stereocenters. The number of hydrogen-bond acceptors (Lipinski definition) is 2. The smallest absolute Gasteiger partial charge is 0.370 e. The number of fused-ring (bicyclic) bond motifs is 1. The molecule has 6 heteroatoms. The largest absolute Gasteiger partial charge is 0.471 e. The molecule has 1 heterocycles. The maximum absolute atomic E-state index is 12.2. The van der Waals surface area contributed by atoms with E-state index in [1.807, 2.05) is 41.5 Å². The SMILES string of the molecule is C=C(CNC(=O)C(F)(F)F)c1cccc2c1N(C)CC=C2. The van der Waals surface area contributed by atoms with E-state index in [9.17, 15) is 18.0 Å². The highest BCUT2D eigenvalue weighted by molar-refractivity contribution is 5.87. The van der Waals surface area contributed by atoms with Crippen molar-refractivity contribution in [2.75, 3.05) is 25.0 Å². The number of anilines is 1. The van der Waals surface area contributed by atoms with Crippen molar-refractivity contribution >= 4 is 23.2 Å². The van der Waals surface area contributed by atoms with Gasteiger partial charge in [0.05, 0.1) is 5.69 Å². The molecular formula is C15H15F3N2O. The Hall–Kier alpha value is -2.24. The van der Waals surface area contributed by atoms with Gasteiger partial charge in [-0.3, -0.25) is 4.79 Å². The summed E-state index contributed by atoms with van der Waals surface area (Å²) in [5, 5.41) is 1.84. The molecule has 1 aliphatic heterocycles. The monoisotopic (exact) mass is 296 g/mol. The molecule has 0 aromatic heterocycles. The molecule has 2 rings (SSSR count). The minimum absolute atomic E-state index is 0.244. The Balaban J connectivity index is 2.18. The molecule has 0 bridgehead atoms. The Labute approximate surface area is 120 Å². The van der Waals surface area contributed by atoms with Crippen LogP contribution in [-0.2, 0) is 4.79 Å².